The minimum atomic E-state index is -0.608. The molecule has 0 saturated carbocycles. The number of aliphatic hydroxyl groups excluding tert-OH is 1. The highest BCUT2D eigenvalue weighted by Gasteiger charge is 2.21. The van der Waals surface area contributed by atoms with Crippen molar-refractivity contribution >= 4 is 0 Å². The Morgan fingerprint density at radius 2 is 2.42 bits per heavy atom. The van der Waals surface area contributed by atoms with Crippen LogP contribution in [0.5, 0.6) is 0 Å². The number of nitrogens with zero attached hydrogens (tertiary/aromatic N) is 1. The molecule has 0 aliphatic heterocycles. The van der Waals surface area contributed by atoms with Gasteiger partial charge in [0.25, 0.3) is 0 Å². The van der Waals surface area contributed by atoms with E-state index < -0.39 is 6.10 Å². The molecule has 0 fully saturated rings. The monoisotopic (exact) mass is 164 g/mol. The van der Waals surface area contributed by atoms with Gasteiger partial charge in [-0.15, -0.1) is 6.58 Å². The van der Waals surface area contributed by atoms with Crippen molar-refractivity contribution in [1.82, 2.24) is 10.2 Å². The van der Waals surface area contributed by atoms with Crippen LogP contribution in [0.1, 0.15) is 29.5 Å². The Morgan fingerprint density at radius 3 is 3.17 bits per heavy atom. The fraction of sp³-hybridized carbons (Fsp3) is 0.444. The first-order valence-corrected chi connectivity index (χ1v) is 4.19. The lowest BCUT2D eigenvalue weighted by atomic mass is 10.1. The summed E-state index contributed by atoms with van der Waals surface area (Å²) in [5.74, 6) is 0. The molecule has 1 aliphatic carbocycles. The molecule has 0 spiro atoms. The Hall–Kier alpha value is -1.09. The van der Waals surface area contributed by atoms with E-state index in [0.717, 1.165) is 18.5 Å². The Balaban J connectivity index is 2.38. The van der Waals surface area contributed by atoms with E-state index in [9.17, 15) is 5.11 Å². The molecule has 0 radical (unpaired) electrons. The van der Waals surface area contributed by atoms with E-state index in [4.69, 9.17) is 0 Å². The first-order chi connectivity index (χ1) is 5.83. The second kappa shape index (κ2) is 2.75. The lowest BCUT2D eigenvalue weighted by molar-refractivity contribution is 0.223. The predicted octanol–water partition coefficient (Wildman–Crippen LogP) is 1.12. The third-order valence-corrected chi connectivity index (χ3v) is 2.34. The number of nitrogens with one attached hydrogen (secondary N) is 1. The molecule has 2 rings (SSSR count). The summed E-state index contributed by atoms with van der Waals surface area (Å²) in [6, 6.07) is 0. The van der Waals surface area contributed by atoms with Crippen LogP contribution in [-0.4, -0.2) is 15.3 Å². The van der Waals surface area contributed by atoms with Crippen molar-refractivity contribution < 1.29 is 5.11 Å². The molecule has 0 bridgehead atoms. The van der Waals surface area contributed by atoms with Gasteiger partial charge in [-0.05, 0) is 24.8 Å². The Bertz CT molecular complexity index is 303. The summed E-state index contributed by atoms with van der Waals surface area (Å²) in [7, 11) is 0. The number of aryl methyl sites for hydroxylation is 1. The van der Waals surface area contributed by atoms with Gasteiger partial charge in [0.15, 0.2) is 0 Å². The third-order valence-electron chi connectivity index (χ3n) is 2.34. The zero-order valence-electron chi connectivity index (χ0n) is 6.88. The molecule has 12 heavy (non-hydrogen) atoms. The normalized spacial score (nSPS) is 17.4. The fourth-order valence-corrected chi connectivity index (χ4v) is 1.70. The number of rotatable bonds is 2. The second-order valence-corrected chi connectivity index (χ2v) is 3.10. The van der Waals surface area contributed by atoms with Gasteiger partial charge in [-0.2, -0.15) is 5.10 Å². The Kier molecular flexibility index (Phi) is 1.73. The van der Waals surface area contributed by atoms with Crippen LogP contribution in [0.15, 0.2) is 12.7 Å². The molecule has 3 heteroatoms. The van der Waals surface area contributed by atoms with Crippen LogP contribution >= 0.6 is 0 Å². The molecule has 1 aromatic heterocycles. The predicted molar refractivity (Wildman–Crippen MR) is 45.8 cm³/mol. The highest BCUT2D eigenvalue weighted by atomic mass is 16.3. The van der Waals surface area contributed by atoms with Crippen molar-refractivity contribution in [3.05, 3.63) is 29.6 Å². The summed E-state index contributed by atoms with van der Waals surface area (Å²) in [6.45, 7) is 3.54. The summed E-state index contributed by atoms with van der Waals surface area (Å²) >= 11 is 0. The molecule has 0 saturated heterocycles. The zero-order valence-corrected chi connectivity index (χ0v) is 6.88. The largest absolute Gasteiger partial charge is 0.383 e. The van der Waals surface area contributed by atoms with E-state index in [1.54, 1.807) is 0 Å². The van der Waals surface area contributed by atoms with Gasteiger partial charge in [0.05, 0.1) is 5.69 Å². The van der Waals surface area contributed by atoms with Crippen LogP contribution in [-0.2, 0) is 12.8 Å². The zero-order chi connectivity index (χ0) is 8.55. The quantitative estimate of drug-likeness (QED) is 0.643. The average Bonchev–Trinajstić information content (AvgIpc) is 2.62. The van der Waals surface area contributed by atoms with Crippen molar-refractivity contribution in [2.45, 2.75) is 25.4 Å². The maximum atomic E-state index is 9.48. The lowest BCUT2D eigenvalue weighted by Gasteiger charge is -2.01. The average molecular weight is 164 g/mol. The van der Waals surface area contributed by atoms with Crippen molar-refractivity contribution in [3.8, 4) is 0 Å². The molecule has 3 nitrogen and oxygen atoms in total. The van der Waals surface area contributed by atoms with Crippen molar-refractivity contribution in [2.75, 3.05) is 0 Å². The Labute approximate surface area is 71.1 Å². The number of aromatic amines is 1. The van der Waals surface area contributed by atoms with Crippen LogP contribution in [0, 0.1) is 0 Å². The van der Waals surface area contributed by atoms with E-state index in [0.29, 0.717) is 0 Å². The highest BCUT2D eigenvalue weighted by Crippen LogP contribution is 2.26. The second-order valence-electron chi connectivity index (χ2n) is 3.10. The van der Waals surface area contributed by atoms with E-state index in [2.05, 4.69) is 16.8 Å². The summed E-state index contributed by atoms with van der Waals surface area (Å²) in [4.78, 5) is 0. The molecule has 1 aliphatic rings. The van der Waals surface area contributed by atoms with Gasteiger partial charge < -0.3 is 5.11 Å². The number of H-pyrrole nitrogens is 1. The van der Waals surface area contributed by atoms with Crippen LogP contribution < -0.4 is 0 Å². The van der Waals surface area contributed by atoms with Gasteiger partial charge >= 0.3 is 0 Å². The minimum Gasteiger partial charge on any atom is -0.383 e. The molecule has 64 valence electrons. The number of aromatic nitrogens is 2. The van der Waals surface area contributed by atoms with Gasteiger partial charge in [0, 0.05) is 5.69 Å². The first kappa shape index (κ1) is 7.55. The van der Waals surface area contributed by atoms with Crippen LogP contribution in [0.25, 0.3) is 0 Å². The van der Waals surface area contributed by atoms with Gasteiger partial charge in [-0.1, -0.05) is 6.08 Å². The van der Waals surface area contributed by atoms with Crippen LogP contribution in [0.4, 0.5) is 0 Å². The molecular formula is C9H12N2O. The molecule has 1 aromatic rings. The van der Waals surface area contributed by atoms with E-state index >= 15 is 0 Å². The molecule has 2 N–H and O–H groups in total. The number of fused-ring (bicyclic) bond motifs is 1. The van der Waals surface area contributed by atoms with Crippen molar-refractivity contribution in [1.29, 1.82) is 0 Å². The fourth-order valence-electron chi connectivity index (χ4n) is 1.70. The lowest BCUT2D eigenvalue weighted by Crippen LogP contribution is -1.96. The maximum absolute atomic E-state index is 9.48. The third kappa shape index (κ3) is 0.975. The van der Waals surface area contributed by atoms with Gasteiger partial charge in [-0.25, -0.2) is 0 Å². The summed E-state index contributed by atoms with van der Waals surface area (Å²) in [5.41, 5.74) is 3.14. The van der Waals surface area contributed by atoms with Gasteiger partial charge in [0.2, 0.25) is 0 Å². The summed E-state index contributed by atoms with van der Waals surface area (Å²) < 4.78 is 0. The van der Waals surface area contributed by atoms with Gasteiger partial charge in [0.1, 0.15) is 6.10 Å². The van der Waals surface area contributed by atoms with Crippen LogP contribution in [0.3, 0.4) is 0 Å². The molecule has 0 aromatic carbocycles. The number of hydrogen-bond donors (Lipinski definition) is 2. The van der Waals surface area contributed by atoms with Crippen molar-refractivity contribution in [2.24, 2.45) is 0 Å². The number of aliphatic hydroxyl groups is 1. The van der Waals surface area contributed by atoms with Gasteiger partial charge in [-0.3, -0.25) is 5.10 Å². The molecule has 1 atom stereocenters. The smallest absolute Gasteiger partial charge is 0.116 e. The minimum absolute atomic E-state index is 0.608. The van der Waals surface area contributed by atoms with Crippen molar-refractivity contribution in [3.63, 3.8) is 0 Å². The Morgan fingerprint density at radius 1 is 1.58 bits per heavy atom. The van der Waals surface area contributed by atoms with Crippen LogP contribution in [0.2, 0.25) is 0 Å². The molecular weight excluding hydrogens is 152 g/mol. The first-order valence-electron chi connectivity index (χ1n) is 4.19. The number of hydrogen-bond acceptors (Lipinski definition) is 2. The standard InChI is InChI=1S/C9H12N2O/c1-2-8(12)9-6-4-3-5-7(6)10-11-9/h2,8,12H,1,3-5H2,(H,10,11). The van der Waals surface area contributed by atoms with E-state index in [1.807, 2.05) is 0 Å². The molecule has 1 heterocycles. The summed E-state index contributed by atoms with van der Waals surface area (Å²) in [6.07, 6.45) is 4.16. The SMILES string of the molecule is C=CC(O)c1n[nH]c2c1CCC2. The summed E-state index contributed by atoms with van der Waals surface area (Å²) in [5, 5.41) is 16.5. The van der Waals surface area contributed by atoms with E-state index in [1.165, 1.54) is 23.8 Å². The topological polar surface area (TPSA) is 48.9 Å². The molecule has 1 unspecified atom stereocenters. The highest BCUT2D eigenvalue weighted by molar-refractivity contribution is 5.32. The maximum Gasteiger partial charge on any atom is 0.116 e. The molecule has 0 amide bonds. The van der Waals surface area contributed by atoms with E-state index in [-0.39, 0.29) is 0 Å².